The summed E-state index contributed by atoms with van der Waals surface area (Å²) in [6, 6.07) is 26.0. The minimum absolute atomic E-state index is 0.0673. The zero-order chi connectivity index (χ0) is 21.8. The van der Waals surface area contributed by atoms with Crippen LogP contribution in [0.3, 0.4) is 0 Å². The molecule has 0 bridgehead atoms. The summed E-state index contributed by atoms with van der Waals surface area (Å²) in [5.74, 6) is -0.0673. The Bertz CT molecular complexity index is 1310. The van der Waals surface area contributed by atoms with Gasteiger partial charge < -0.3 is 5.32 Å². The monoisotopic (exact) mass is 438 g/mol. The number of carbonyl (C=O) groups is 1. The van der Waals surface area contributed by atoms with E-state index in [1.165, 1.54) is 4.70 Å². The van der Waals surface area contributed by atoms with Crippen LogP contribution in [0.25, 0.3) is 21.3 Å². The van der Waals surface area contributed by atoms with E-state index in [2.05, 4.69) is 45.7 Å². The van der Waals surface area contributed by atoms with Crippen LogP contribution in [0.15, 0.2) is 91.3 Å². The summed E-state index contributed by atoms with van der Waals surface area (Å²) in [6.07, 6.45) is 4.44. The molecule has 3 aromatic carbocycles. The van der Waals surface area contributed by atoms with E-state index in [-0.39, 0.29) is 5.91 Å². The fourth-order valence-corrected chi connectivity index (χ4v) is 4.68. The number of carbonyl (C=O) groups excluding carboxylic acids is 1. The summed E-state index contributed by atoms with van der Waals surface area (Å²) in [5, 5.41) is 8.35. The molecular formula is C26H22N4OS. The molecule has 158 valence electrons. The third-order valence-electron chi connectivity index (χ3n) is 5.30. The lowest BCUT2D eigenvalue weighted by atomic mass is 9.98. The molecule has 0 aliphatic rings. The molecule has 0 aliphatic heterocycles. The molecule has 0 unspecified atom stereocenters. The van der Waals surface area contributed by atoms with Crippen LogP contribution < -0.4 is 5.32 Å². The van der Waals surface area contributed by atoms with E-state index in [1.807, 2.05) is 59.4 Å². The molecule has 32 heavy (non-hydrogen) atoms. The first-order valence-corrected chi connectivity index (χ1v) is 11.4. The molecular weight excluding hydrogens is 416 g/mol. The summed E-state index contributed by atoms with van der Waals surface area (Å²) >= 11 is 1.68. The van der Waals surface area contributed by atoms with Gasteiger partial charge in [0.15, 0.2) is 0 Å². The summed E-state index contributed by atoms with van der Waals surface area (Å²) < 4.78 is 3.07. The summed E-state index contributed by atoms with van der Waals surface area (Å²) in [7, 11) is 0. The van der Waals surface area contributed by atoms with E-state index in [9.17, 15) is 4.79 Å². The van der Waals surface area contributed by atoms with E-state index in [1.54, 1.807) is 17.5 Å². The van der Waals surface area contributed by atoms with Crippen molar-refractivity contribution in [1.82, 2.24) is 20.1 Å². The molecule has 0 fully saturated rings. The topological polar surface area (TPSA) is 59.8 Å². The zero-order valence-electron chi connectivity index (χ0n) is 17.4. The number of nitrogens with one attached hydrogen (secondary N) is 1. The van der Waals surface area contributed by atoms with Crippen LogP contribution in [0.5, 0.6) is 0 Å². The van der Waals surface area contributed by atoms with Crippen LogP contribution >= 0.6 is 11.3 Å². The van der Waals surface area contributed by atoms with Crippen molar-refractivity contribution in [3.8, 4) is 11.1 Å². The Hall–Kier alpha value is -3.77. The van der Waals surface area contributed by atoms with Gasteiger partial charge in [-0.05, 0) is 41.0 Å². The minimum atomic E-state index is -0.0673. The van der Waals surface area contributed by atoms with E-state index in [0.717, 1.165) is 40.2 Å². The average molecular weight is 439 g/mol. The number of hydrogen-bond donors (Lipinski definition) is 1. The normalized spacial score (nSPS) is 11.0. The zero-order valence-corrected chi connectivity index (χ0v) is 18.3. The second-order valence-electron chi connectivity index (χ2n) is 7.53. The molecule has 1 amide bonds. The maximum atomic E-state index is 12.9. The number of amides is 1. The lowest BCUT2D eigenvalue weighted by molar-refractivity contribution is 0.0955. The molecule has 0 saturated heterocycles. The Kier molecular flexibility index (Phi) is 5.77. The van der Waals surface area contributed by atoms with Gasteiger partial charge in [0.2, 0.25) is 0 Å². The molecule has 5 nitrogen and oxygen atoms in total. The molecule has 1 N–H and O–H groups in total. The van der Waals surface area contributed by atoms with Crippen molar-refractivity contribution in [2.75, 3.05) is 6.54 Å². The largest absolute Gasteiger partial charge is 0.352 e. The first-order valence-electron chi connectivity index (χ1n) is 10.5. The van der Waals surface area contributed by atoms with Gasteiger partial charge in [0, 0.05) is 30.9 Å². The highest BCUT2D eigenvalue weighted by Crippen LogP contribution is 2.25. The van der Waals surface area contributed by atoms with E-state index < -0.39 is 0 Å². The molecule has 2 aromatic heterocycles. The number of fused-ring (bicyclic) bond motifs is 1. The van der Waals surface area contributed by atoms with Gasteiger partial charge in [0.05, 0.1) is 21.8 Å². The predicted molar refractivity (Wildman–Crippen MR) is 129 cm³/mol. The number of nitrogens with zero attached hydrogens (tertiary/aromatic N) is 3. The fraction of sp³-hybridized carbons (Fsp3) is 0.115. The number of para-hydroxylation sites is 1. The fourth-order valence-electron chi connectivity index (χ4n) is 3.71. The van der Waals surface area contributed by atoms with E-state index >= 15 is 0 Å². The highest BCUT2D eigenvalue weighted by atomic mass is 32.1. The Balaban J connectivity index is 1.26. The summed E-state index contributed by atoms with van der Waals surface area (Å²) in [6.45, 7) is 1.27. The molecule has 0 saturated carbocycles. The van der Waals surface area contributed by atoms with Crippen LogP contribution in [0.1, 0.15) is 20.9 Å². The molecule has 0 atom stereocenters. The lowest BCUT2D eigenvalue weighted by Gasteiger charge is -2.11. The van der Waals surface area contributed by atoms with Crippen molar-refractivity contribution in [2.24, 2.45) is 0 Å². The minimum Gasteiger partial charge on any atom is -0.352 e. The van der Waals surface area contributed by atoms with Crippen LogP contribution in [-0.4, -0.2) is 27.2 Å². The van der Waals surface area contributed by atoms with Crippen molar-refractivity contribution in [3.05, 3.63) is 107 Å². The van der Waals surface area contributed by atoms with E-state index in [4.69, 9.17) is 0 Å². The van der Waals surface area contributed by atoms with Crippen LogP contribution in [0.4, 0.5) is 0 Å². The maximum absolute atomic E-state index is 12.9. The van der Waals surface area contributed by atoms with Gasteiger partial charge in [-0.25, -0.2) is 4.98 Å². The van der Waals surface area contributed by atoms with Gasteiger partial charge >= 0.3 is 0 Å². The first kappa shape index (κ1) is 20.2. The van der Waals surface area contributed by atoms with Gasteiger partial charge in [-0.3, -0.25) is 9.48 Å². The quantitative estimate of drug-likeness (QED) is 0.381. The predicted octanol–water partition coefficient (Wildman–Crippen LogP) is 5.18. The van der Waals surface area contributed by atoms with Gasteiger partial charge in [-0.15, -0.1) is 11.3 Å². The highest BCUT2D eigenvalue weighted by molar-refractivity contribution is 7.18. The lowest BCUT2D eigenvalue weighted by Crippen LogP contribution is -2.26. The number of hydrogen-bond acceptors (Lipinski definition) is 4. The van der Waals surface area contributed by atoms with Crippen molar-refractivity contribution >= 4 is 27.5 Å². The third kappa shape index (κ3) is 4.45. The second kappa shape index (κ2) is 9.16. The summed E-state index contributed by atoms with van der Waals surface area (Å²) in [4.78, 5) is 17.6. The van der Waals surface area contributed by atoms with Crippen LogP contribution in [0.2, 0.25) is 0 Å². The molecule has 5 aromatic rings. The Morgan fingerprint density at radius 3 is 2.56 bits per heavy atom. The van der Waals surface area contributed by atoms with Crippen molar-refractivity contribution in [2.45, 2.75) is 13.0 Å². The van der Waals surface area contributed by atoms with Gasteiger partial charge in [-0.2, -0.15) is 5.10 Å². The molecule has 2 heterocycles. The Morgan fingerprint density at radius 2 is 1.75 bits per heavy atom. The molecule has 0 aliphatic carbocycles. The maximum Gasteiger partial charge on any atom is 0.251 e. The standard InChI is InChI=1S/C26H22N4OS/c31-26(27-16-14-25-29-23-8-3-4-9-24(23)32-25)22-7-2-1-6-21(22)20-12-10-19(11-13-20)18-30-17-5-15-28-30/h1-13,15,17H,14,16,18H2,(H,27,31). The molecule has 6 heteroatoms. The Labute approximate surface area is 190 Å². The van der Waals surface area contributed by atoms with Crippen molar-refractivity contribution < 1.29 is 4.79 Å². The number of benzene rings is 3. The molecule has 0 spiro atoms. The van der Waals surface area contributed by atoms with Gasteiger partial charge in [-0.1, -0.05) is 54.6 Å². The van der Waals surface area contributed by atoms with E-state index in [0.29, 0.717) is 12.1 Å². The number of rotatable bonds is 7. The van der Waals surface area contributed by atoms with Crippen LogP contribution in [0, 0.1) is 0 Å². The average Bonchev–Trinajstić information content (AvgIpc) is 3.49. The molecule has 0 radical (unpaired) electrons. The third-order valence-corrected chi connectivity index (χ3v) is 6.40. The number of thiazole rings is 1. The number of aromatic nitrogens is 3. The van der Waals surface area contributed by atoms with Crippen molar-refractivity contribution in [1.29, 1.82) is 0 Å². The highest BCUT2D eigenvalue weighted by Gasteiger charge is 2.13. The van der Waals surface area contributed by atoms with Gasteiger partial charge in [0.25, 0.3) is 5.91 Å². The summed E-state index contributed by atoms with van der Waals surface area (Å²) in [5.41, 5.74) is 4.80. The van der Waals surface area contributed by atoms with Crippen LogP contribution in [-0.2, 0) is 13.0 Å². The van der Waals surface area contributed by atoms with Crippen molar-refractivity contribution in [3.63, 3.8) is 0 Å². The first-order chi connectivity index (χ1) is 15.8. The second-order valence-corrected chi connectivity index (χ2v) is 8.64. The Morgan fingerprint density at radius 1 is 0.938 bits per heavy atom. The SMILES string of the molecule is O=C(NCCc1nc2ccccc2s1)c1ccccc1-c1ccc(Cn2cccn2)cc1. The smallest absolute Gasteiger partial charge is 0.251 e. The van der Waals surface area contributed by atoms with Gasteiger partial charge in [0.1, 0.15) is 0 Å². The molecule has 5 rings (SSSR count).